The molecule has 0 atom stereocenters. The predicted octanol–water partition coefficient (Wildman–Crippen LogP) is 4.38. The number of Topliss-reactive ketones (excluding diaryl/α,β-unsaturated/α-hetero) is 1. The Morgan fingerprint density at radius 2 is 2.05 bits per heavy atom. The van der Waals surface area contributed by atoms with Gasteiger partial charge >= 0.3 is 6.18 Å². The number of benzene rings is 1. The Morgan fingerprint density at radius 3 is 2.65 bits per heavy atom. The fraction of sp³-hybridized carbons (Fsp3) is 0.167. The summed E-state index contributed by atoms with van der Waals surface area (Å²) in [5.74, 6) is -1.39. The zero-order valence-electron chi connectivity index (χ0n) is 9.67. The summed E-state index contributed by atoms with van der Waals surface area (Å²) in [4.78, 5) is 14.8. The molecular formula is C12H6ClF4NOS. The van der Waals surface area contributed by atoms with Gasteiger partial charge in [-0.25, -0.2) is 9.37 Å². The van der Waals surface area contributed by atoms with Crippen LogP contribution in [0.2, 0.25) is 5.02 Å². The van der Waals surface area contributed by atoms with E-state index in [-0.39, 0.29) is 33.2 Å². The summed E-state index contributed by atoms with van der Waals surface area (Å²) in [6.07, 6.45) is -4.12. The normalized spacial score (nSPS) is 11.7. The summed E-state index contributed by atoms with van der Waals surface area (Å²) in [7, 11) is 0. The molecule has 1 aromatic carbocycles. The minimum Gasteiger partial charge on any atom is -0.293 e. The zero-order valence-corrected chi connectivity index (χ0v) is 11.2. The van der Waals surface area contributed by atoms with Crippen LogP contribution in [-0.4, -0.2) is 10.8 Å². The molecule has 2 rings (SSSR count). The van der Waals surface area contributed by atoms with Crippen LogP contribution in [0.15, 0.2) is 24.4 Å². The highest BCUT2D eigenvalue weighted by molar-refractivity contribution is 7.13. The van der Waals surface area contributed by atoms with E-state index >= 15 is 0 Å². The number of carbonyl (C=O) groups is 1. The maximum absolute atomic E-state index is 13.6. The molecule has 0 saturated heterocycles. The van der Waals surface area contributed by atoms with Gasteiger partial charge in [-0.2, -0.15) is 13.2 Å². The fourth-order valence-corrected chi connectivity index (χ4v) is 2.39. The molecule has 1 aromatic heterocycles. The highest BCUT2D eigenvalue weighted by Crippen LogP contribution is 2.33. The number of nitrogens with zero attached hydrogens (tertiary/aromatic N) is 1. The Kier molecular flexibility index (Phi) is 4.10. The van der Waals surface area contributed by atoms with Gasteiger partial charge in [0, 0.05) is 12.6 Å². The quantitative estimate of drug-likeness (QED) is 0.620. The number of alkyl halides is 3. The van der Waals surface area contributed by atoms with Crippen molar-refractivity contribution in [3.8, 4) is 0 Å². The topological polar surface area (TPSA) is 30.0 Å². The van der Waals surface area contributed by atoms with Gasteiger partial charge in [0.1, 0.15) is 5.82 Å². The second-order valence-electron chi connectivity index (χ2n) is 3.84. The molecular weight excluding hydrogens is 318 g/mol. The monoisotopic (exact) mass is 323 g/mol. The van der Waals surface area contributed by atoms with Crippen LogP contribution in [-0.2, 0) is 12.6 Å². The van der Waals surface area contributed by atoms with Crippen LogP contribution in [0.4, 0.5) is 17.6 Å². The Hall–Kier alpha value is -1.47. The van der Waals surface area contributed by atoms with Crippen molar-refractivity contribution in [2.75, 3.05) is 0 Å². The minimum absolute atomic E-state index is 0.0319. The molecule has 0 unspecified atom stereocenters. The van der Waals surface area contributed by atoms with Crippen molar-refractivity contribution in [3.05, 3.63) is 50.7 Å². The smallest absolute Gasteiger partial charge is 0.293 e. The van der Waals surface area contributed by atoms with E-state index in [4.69, 9.17) is 11.6 Å². The molecule has 0 radical (unpaired) electrons. The Morgan fingerprint density at radius 1 is 1.35 bits per heavy atom. The van der Waals surface area contributed by atoms with E-state index in [1.807, 2.05) is 0 Å². The van der Waals surface area contributed by atoms with Crippen molar-refractivity contribution in [2.24, 2.45) is 0 Å². The number of thiazole rings is 1. The van der Waals surface area contributed by atoms with Crippen LogP contribution < -0.4 is 0 Å². The summed E-state index contributed by atoms with van der Waals surface area (Å²) < 4.78 is 50.7. The number of ketones is 1. The Labute approximate surface area is 120 Å². The SMILES string of the molecule is O=C(Cc1cccc(Cl)c1F)c1cnc(C(F)(F)F)s1. The molecule has 2 nitrogen and oxygen atoms in total. The second kappa shape index (κ2) is 5.49. The first-order chi connectivity index (χ1) is 9.29. The van der Waals surface area contributed by atoms with Gasteiger partial charge < -0.3 is 0 Å². The summed E-state index contributed by atoms with van der Waals surface area (Å²) in [6, 6.07) is 4.13. The lowest BCUT2D eigenvalue weighted by Gasteiger charge is -2.02. The molecule has 0 spiro atoms. The minimum atomic E-state index is -4.59. The zero-order chi connectivity index (χ0) is 14.9. The van der Waals surface area contributed by atoms with Gasteiger partial charge in [-0.3, -0.25) is 4.79 Å². The first-order valence-corrected chi connectivity index (χ1v) is 6.47. The fourth-order valence-electron chi connectivity index (χ4n) is 1.48. The van der Waals surface area contributed by atoms with Crippen LogP contribution in [0.25, 0.3) is 0 Å². The number of hydrogen-bond acceptors (Lipinski definition) is 3. The molecule has 0 N–H and O–H groups in total. The number of carbonyl (C=O) groups excluding carboxylic acids is 1. The maximum Gasteiger partial charge on any atom is 0.443 e. The van der Waals surface area contributed by atoms with E-state index in [1.54, 1.807) is 0 Å². The van der Waals surface area contributed by atoms with Crippen molar-refractivity contribution in [1.29, 1.82) is 0 Å². The van der Waals surface area contributed by atoms with E-state index in [0.29, 0.717) is 0 Å². The van der Waals surface area contributed by atoms with Gasteiger partial charge in [-0.15, -0.1) is 11.3 Å². The highest BCUT2D eigenvalue weighted by atomic mass is 35.5. The first-order valence-electron chi connectivity index (χ1n) is 5.28. The van der Waals surface area contributed by atoms with Gasteiger partial charge in [0.05, 0.1) is 9.90 Å². The number of hydrogen-bond donors (Lipinski definition) is 0. The second-order valence-corrected chi connectivity index (χ2v) is 5.28. The molecule has 1 heterocycles. The van der Waals surface area contributed by atoms with Gasteiger partial charge in [0.2, 0.25) is 0 Å². The molecule has 0 aliphatic carbocycles. The van der Waals surface area contributed by atoms with Crippen molar-refractivity contribution >= 4 is 28.7 Å². The number of rotatable bonds is 3. The first kappa shape index (κ1) is 14.9. The molecule has 0 aliphatic heterocycles. The summed E-state index contributed by atoms with van der Waals surface area (Å²) in [5.41, 5.74) is 0.0319. The van der Waals surface area contributed by atoms with Gasteiger partial charge in [0.25, 0.3) is 0 Å². The van der Waals surface area contributed by atoms with Gasteiger partial charge in [-0.05, 0) is 11.6 Å². The lowest BCUT2D eigenvalue weighted by atomic mass is 10.1. The third-order valence-corrected chi connectivity index (χ3v) is 3.78. The van der Waals surface area contributed by atoms with Crippen LogP contribution in [0.5, 0.6) is 0 Å². The third kappa shape index (κ3) is 3.16. The van der Waals surface area contributed by atoms with E-state index in [0.717, 1.165) is 6.20 Å². The molecule has 0 saturated carbocycles. The summed E-state index contributed by atoms with van der Waals surface area (Å²) >= 11 is 5.80. The molecule has 0 fully saturated rings. The highest BCUT2D eigenvalue weighted by Gasteiger charge is 2.35. The lowest BCUT2D eigenvalue weighted by molar-refractivity contribution is -0.137. The lowest BCUT2D eigenvalue weighted by Crippen LogP contribution is -2.04. The van der Waals surface area contributed by atoms with Crippen LogP contribution >= 0.6 is 22.9 Å². The van der Waals surface area contributed by atoms with Crippen molar-refractivity contribution in [2.45, 2.75) is 12.6 Å². The van der Waals surface area contributed by atoms with Crippen LogP contribution in [0.3, 0.4) is 0 Å². The summed E-state index contributed by atoms with van der Waals surface area (Å²) in [5, 5.41) is -1.25. The Balaban J connectivity index is 2.20. The largest absolute Gasteiger partial charge is 0.443 e. The standard InChI is InChI=1S/C12H6ClF4NOS/c13-7-3-1-2-6(10(7)14)4-8(19)9-5-18-11(20-9)12(15,16)17/h1-3,5H,4H2. The van der Waals surface area contributed by atoms with E-state index < -0.39 is 22.8 Å². The van der Waals surface area contributed by atoms with Crippen LogP contribution in [0, 0.1) is 5.82 Å². The van der Waals surface area contributed by atoms with Crippen LogP contribution in [0.1, 0.15) is 20.2 Å². The molecule has 0 amide bonds. The molecule has 0 aliphatic rings. The maximum atomic E-state index is 13.6. The van der Waals surface area contributed by atoms with Gasteiger partial charge in [-0.1, -0.05) is 23.7 Å². The third-order valence-electron chi connectivity index (χ3n) is 2.41. The van der Waals surface area contributed by atoms with Gasteiger partial charge in [0.15, 0.2) is 10.8 Å². The summed E-state index contributed by atoms with van der Waals surface area (Å²) in [6.45, 7) is 0. The predicted molar refractivity (Wildman–Crippen MR) is 66.6 cm³/mol. The molecule has 2 aromatic rings. The van der Waals surface area contributed by atoms with Crippen molar-refractivity contribution < 1.29 is 22.4 Å². The van der Waals surface area contributed by atoms with E-state index in [9.17, 15) is 22.4 Å². The molecule has 106 valence electrons. The molecule has 0 bridgehead atoms. The molecule has 20 heavy (non-hydrogen) atoms. The average Bonchev–Trinajstić information content (AvgIpc) is 2.84. The number of halogens is 5. The van der Waals surface area contributed by atoms with Crippen molar-refractivity contribution in [1.82, 2.24) is 4.98 Å². The molecule has 8 heteroatoms. The van der Waals surface area contributed by atoms with E-state index in [1.165, 1.54) is 18.2 Å². The van der Waals surface area contributed by atoms with E-state index in [2.05, 4.69) is 4.98 Å². The number of aromatic nitrogens is 1. The Bertz CT molecular complexity index is 653. The van der Waals surface area contributed by atoms with Crippen molar-refractivity contribution in [3.63, 3.8) is 0 Å². The average molecular weight is 324 g/mol.